The Morgan fingerprint density at radius 2 is 2.03 bits per heavy atom. The highest BCUT2D eigenvalue weighted by atomic mass is 32.1. The number of hydrogen-bond donors (Lipinski definition) is 0. The molecule has 0 saturated carbocycles. The highest BCUT2D eigenvalue weighted by molar-refractivity contribution is 7.09. The van der Waals surface area contributed by atoms with E-state index >= 15 is 0 Å². The third-order valence-corrected chi connectivity index (χ3v) is 7.07. The first-order valence-electron chi connectivity index (χ1n) is 11.0. The minimum atomic E-state index is 0.108. The summed E-state index contributed by atoms with van der Waals surface area (Å²) in [5.74, 6) is 0.125. The second kappa shape index (κ2) is 8.88. The first kappa shape index (κ1) is 21.5. The van der Waals surface area contributed by atoms with Gasteiger partial charge in [-0.3, -0.25) is 9.69 Å². The number of benzene rings is 2. The average molecular weight is 459 g/mol. The Morgan fingerprint density at radius 3 is 2.73 bits per heavy atom. The van der Waals surface area contributed by atoms with Crippen LogP contribution in [0.2, 0.25) is 0 Å². The lowest BCUT2D eigenvalue weighted by Crippen LogP contribution is -2.39. The number of nitrogens with zero attached hydrogens (tertiary/aromatic N) is 6. The number of fused-ring (bicyclic) bond motifs is 1. The second-order valence-electron chi connectivity index (χ2n) is 8.41. The lowest BCUT2D eigenvalue weighted by molar-refractivity contribution is -0.119. The predicted molar refractivity (Wildman–Crippen MR) is 131 cm³/mol. The molecular weight excluding hydrogens is 432 g/mol. The van der Waals surface area contributed by atoms with Crippen LogP contribution in [-0.2, 0) is 11.2 Å². The van der Waals surface area contributed by atoms with Gasteiger partial charge in [-0.25, -0.2) is 14.6 Å². The molecule has 0 saturated heterocycles. The van der Waals surface area contributed by atoms with Crippen molar-refractivity contribution in [2.24, 2.45) is 0 Å². The summed E-state index contributed by atoms with van der Waals surface area (Å²) >= 11 is 1.66. The molecular formula is C25H26N6OS. The monoisotopic (exact) mass is 458 g/mol. The molecule has 7 nitrogen and oxygen atoms in total. The molecule has 0 radical (unpaired) electrons. The van der Waals surface area contributed by atoms with Gasteiger partial charge in [-0.15, -0.1) is 11.3 Å². The molecule has 1 aliphatic heterocycles. The van der Waals surface area contributed by atoms with Crippen LogP contribution in [0.15, 0.2) is 60.5 Å². The highest BCUT2D eigenvalue weighted by Gasteiger charge is 2.27. The zero-order valence-electron chi connectivity index (χ0n) is 19.0. The van der Waals surface area contributed by atoms with Crippen molar-refractivity contribution in [1.29, 1.82) is 0 Å². The molecule has 1 atom stereocenters. The molecule has 1 amide bonds. The number of aromatic nitrogens is 4. The van der Waals surface area contributed by atoms with Gasteiger partial charge in [0.2, 0.25) is 5.91 Å². The molecule has 0 spiro atoms. The number of thiazole rings is 1. The molecule has 1 aliphatic rings. The van der Waals surface area contributed by atoms with E-state index in [0.717, 1.165) is 46.2 Å². The molecule has 33 heavy (non-hydrogen) atoms. The maximum atomic E-state index is 13.2. The van der Waals surface area contributed by atoms with E-state index in [4.69, 9.17) is 0 Å². The molecule has 2 aromatic carbocycles. The average Bonchev–Trinajstić information content (AvgIpc) is 3.59. The Labute approximate surface area is 197 Å². The Kier molecular flexibility index (Phi) is 5.78. The molecule has 0 aliphatic carbocycles. The quantitative estimate of drug-likeness (QED) is 0.431. The van der Waals surface area contributed by atoms with Gasteiger partial charge in [0.25, 0.3) is 0 Å². The first-order chi connectivity index (χ1) is 16.0. The van der Waals surface area contributed by atoms with Crippen molar-refractivity contribution in [2.75, 3.05) is 25.0 Å². The van der Waals surface area contributed by atoms with Gasteiger partial charge >= 0.3 is 0 Å². The van der Waals surface area contributed by atoms with Crippen LogP contribution in [-0.4, -0.2) is 50.7 Å². The summed E-state index contributed by atoms with van der Waals surface area (Å²) in [4.78, 5) is 25.8. The molecule has 8 heteroatoms. The van der Waals surface area contributed by atoms with Crippen LogP contribution in [0.5, 0.6) is 0 Å². The Bertz CT molecular complexity index is 1260. The third-order valence-electron chi connectivity index (χ3n) is 6.30. The zero-order valence-corrected chi connectivity index (χ0v) is 19.8. The first-order valence-corrected chi connectivity index (χ1v) is 11.9. The van der Waals surface area contributed by atoms with Crippen molar-refractivity contribution in [3.05, 3.63) is 76.6 Å². The number of likely N-dealkylation sites (N-methyl/N-ethyl adjacent to an activating group) is 1. The molecule has 3 heterocycles. The van der Waals surface area contributed by atoms with E-state index in [9.17, 15) is 4.79 Å². The van der Waals surface area contributed by atoms with E-state index in [1.807, 2.05) is 31.0 Å². The molecule has 4 aromatic rings. The summed E-state index contributed by atoms with van der Waals surface area (Å²) in [7, 11) is 2.00. The minimum absolute atomic E-state index is 0.108. The topological polar surface area (TPSA) is 67.2 Å². The summed E-state index contributed by atoms with van der Waals surface area (Å²) < 4.78 is 1.73. The lowest BCUT2D eigenvalue weighted by Gasteiger charge is -2.27. The van der Waals surface area contributed by atoms with E-state index in [0.29, 0.717) is 6.54 Å². The van der Waals surface area contributed by atoms with Crippen LogP contribution >= 0.6 is 11.3 Å². The van der Waals surface area contributed by atoms with Gasteiger partial charge in [0, 0.05) is 29.2 Å². The van der Waals surface area contributed by atoms with E-state index < -0.39 is 0 Å². The van der Waals surface area contributed by atoms with E-state index in [-0.39, 0.29) is 11.9 Å². The Balaban J connectivity index is 1.25. The number of aryl methyl sites for hydroxylation is 1. The number of carbonyl (C=O) groups is 1. The van der Waals surface area contributed by atoms with Crippen molar-refractivity contribution in [3.63, 3.8) is 0 Å². The van der Waals surface area contributed by atoms with Crippen molar-refractivity contribution in [3.8, 4) is 16.9 Å². The normalized spacial score (nSPS) is 14.0. The highest BCUT2D eigenvalue weighted by Crippen LogP contribution is 2.33. The SMILES string of the molecule is Cc1nc(-c2ccc3c(c2)CCN3C(=O)CN(C)[C@H](C)c2ccc(-n3cncn3)cc2)cs1. The zero-order chi connectivity index (χ0) is 22.9. The van der Waals surface area contributed by atoms with E-state index in [2.05, 4.69) is 62.6 Å². The van der Waals surface area contributed by atoms with Crippen LogP contribution in [0.25, 0.3) is 16.9 Å². The van der Waals surface area contributed by atoms with Gasteiger partial charge in [0.05, 0.1) is 22.9 Å². The molecule has 0 bridgehead atoms. The maximum Gasteiger partial charge on any atom is 0.241 e. The molecule has 2 aromatic heterocycles. The summed E-state index contributed by atoms with van der Waals surface area (Å²) in [5.41, 5.74) is 6.48. The number of carbonyl (C=O) groups excluding carboxylic acids is 1. The number of amides is 1. The minimum Gasteiger partial charge on any atom is -0.311 e. The van der Waals surface area contributed by atoms with Crippen LogP contribution in [0.4, 0.5) is 5.69 Å². The maximum absolute atomic E-state index is 13.2. The molecule has 0 N–H and O–H groups in total. The van der Waals surface area contributed by atoms with Gasteiger partial charge in [0.1, 0.15) is 12.7 Å². The predicted octanol–water partition coefficient (Wildman–Crippen LogP) is 4.28. The van der Waals surface area contributed by atoms with E-state index in [1.165, 1.54) is 11.9 Å². The molecule has 0 fully saturated rings. The number of hydrogen-bond acceptors (Lipinski definition) is 6. The summed E-state index contributed by atoms with van der Waals surface area (Å²) in [6.45, 7) is 5.23. The number of anilines is 1. The smallest absolute Gasteiger partial charge is 0.241 e. The largest absolute Gasteiger partial charge is 0.311 e. The molecule has 5 rings (SSSR count). The van der Waals surface area contributed by atoms with Gasteiger partial charge in [-0.2, -0.15) is 5.10 Å². The summed E-state index contributed by atoms with van der Waals surface area (Å²) in [5, 5.41) is 7.31. The fourth-order valence-corrected chi connectivity index (χ4v) is 4.88. The van der Waals surface area contributed by atoms with Crippen molar-refractivity contribution < 1.29 is 4.79 Å². The third kappa shape index (κ3) is 4.31. The van der Waals surface area contributed by atoms with Crippen molar-refractivity contribution >= 4 is 22.9 Å². The Hall–Kier alpha value is -3.36. The lowest BCUT2D eigenvalue weighted by atomic mass is 10.1. The van der Waals surface area contributed by atoms with Crippen LogP contribution in [0, 0.1) is 6.92 Å². The van der Waals surface area contributed by atoms with Gasteiger partial charge < -0.3 is 4.90 Å². The van der Waals surface area contributed by atoms with E-state index in [1.54, 1.807) is 22.3 Å². The van der Waals surface area contributed by atoms with Crippen molar-refractivity contribution in [2.45, 2.75) is 26.3 Å². The summed E-state index contributed by atoms with van der Waals surface area (Å²) in [6, 6.07) is 14.6. The fourth-order valence-electron chi connectivity index (χ4n) is 4.25. The fraction of sp³-hybridized carbons (Fsp3) is 0.280. The molecule has 0 unspecified atom stereocenters. The van der Waals surface area contributed by atoms with Gasteiger partial charge in [-0.1, -0.05) is 18.2 Å². The van der Waals surface area contributed by atoms with Crippen LogP contribution in [0.3, 0.4) is 0 Å². The van der Waals surface area contributed by atoms with Crippen LogP contribution < -0.4 is 4.90 Å². The van der Waals surface area contributed by atoms with Gasteiger partial charge in [-0.05, 0) is 62.7 Å². The number of rotatable bonds is 6. The van der Waals surface area contributed by atoms with Gasteiger partial charge in [0.15, 0.2) is 0 Å². The van der Waals surface area contributed by atoms with Crippen molar-refractivity contribution in [1.82, 2.24) is 24.6 Å². The molecule has 168 valence electrons. The standard InChI is InChI=1S/C25H26N6OS/c1-17(19-4-7-22(8-5-19)31-16-26-15-27-31)29(3)13-25(32)30-11-10-21-12-20(6-9-24(21)30)23-14-33-18(2)28-23/h4-9,12,14-17H,10-11,13H2,1-3H3/t17-/m1/s1. The summed E-state index contributed by atoms with van der Waals surface area (Å²) in [6.07, 6.45) is 4.08. The Morgan fingerprint density at radius 1 is 1.21 bits per heavy atom. The van der Waals surface area contributed by atoms with Crippen LogP contribution in [0.1, 0.15) is 29.1 Å². The second-order valence-corrected chi connectivity index (χ2v) is 9.48.